The molecule has 0 aliphatic carbocycles. The minimum absolute atomic E-state index is 0.0834. The Morgan fingerprint density at radius 1 is 1.03 bits per heavy atom. The molecule has 0 fully saturated rings. The lowest BCUT2D eigenvalue weighted by atomic mass is 10.2. The Balaban J connectivity index is 1.36. The average Bonchev–Trinajstić information content (AvgIpc) is 3.40. The molecule has 0 bridgehead atoms. The number of halogens is 4. The fourth-order valence-electron chi connectivity index (χ4n) is 2.72. The highest BCUT2D eigenvalue weighted by molar-refractivity contribution is 9.10. The Kier molecular flexibility index (Phi) is 7.00. The Bertz CT molecular complexity index is 1260. The maximum Gasteiger partial charge on any atom is 0.278 e. The van der Waals surface area contributed by atoms with Crippen molar-refractivity contribution in [3.63, 3.8) is 0 Å². The lowest BCUT2D eigenvalue weighted by molar-refractivity contribution is 0.101. The Morgan fingerprint density at radius 2 is 1.81 bits per heavy atom. The van der Waals surface area contributed by atoms with Crippen molar-refractivity contribution in [1.29, 1.82) is 0 Å². The van der Waals surface area contributed by atoms with Gasteiger partial charge >= 0.3 is 0 Å². The highest BCUT2D eigenvalue weighted by Crippen LogP contribution is 2.28. The third kappa shape index (κ3) is 5.42. The summed E-state index contributed by atoms with van der Waals surface area (Å²) in [5, 5.41) is 12.5. The van der Waals surface area contributed by atoms with E-state index < -0.39 is 5.91 Å². The molecule has 0 radical (unpaired) electrons. The van der Waals surface area contributed by atoms with Gasteiger partial charge in [-0.15, -0.1) is 5.10 Å². The first-order valence-corrected chi connectivity index (χ1v) is 11.1. The molecule has 12 heteroatoms. The molecule has 164 valence electrons. The number of benzene rings is 2. The lowest BCUT2D eigenvalue weighted by Crippen LogP contribution is -2.15. The summed E-state index contributed by atoms with van der Waals surface area (Å²) in [4.78, 5) is 16.6. The van der Waals surface area contributed by atoms with Crippen molar-refractivity contribution in [2.45, 2.75) is 13.3 Å². The van der Waals surface area contributed by atoms with Gasteiger partial charge in [-0.05, 0) is 36.4 Å². The van der Waals surface area contributed by atoms with E-state index in [1.54, 1.807) is 42.6 Å². The van der Waals surface area contributed by atoms with E-state index in [1.807, 2.05) is 6.07 Å². The molecule has 0 saturated heterocycles. The van der Waals surface area contributed by atoms with E-state index in [1.165, 1.54) is 15.7 Å². The quantitative estimate of drug-likeness (QED) is 0.323. The van der Waals surface area contributed by atoms with Gasteiger partial charge in [-0.1, -0.05) is 56.8 Å². The summed E-state index contributed by atoms with van der Waals surface area (Å²) in [6.07, 6.45) is 3.09. The lowest BCUT2D eigenvalue weighted by Gasteiger charge is -2.08. The van der Waals surface area contributed by atoms with Gasteiger partial charge in [0.25, 0.3) is 5.91 Å². The van der Waals surface area contributed by atoms with Crippen LogP contribution in [0.2, 0.25) is 15.1 Å². The predicted octanol–water partition coefficient (Wildman–Crippen LogP) is 5.53. The number of hydrogen-bond acceptors (Lipinski definition) is 5. The summed E-state index contributed by atoms with van der Waals surface area (Å²) in [6, 6.07) is 12.1. The van der Waals surface area contributed by atoms with Crippen LogP contribution >= 0.6 is 50.7 Å². The minimum atomic E-state index is -0.459. The van der Waals surface area contributed by atoms with Crippen molar-refractivity contribution in [2.24, 2.45) is 0 Å². The Morgan fingerprint density at radius 3 is 2.56 bits per heavy atom. The number of carbonyl (C=O) groups excluding carboxylic acids is 1. The number of carbonyl (C=O) groups is 1. The van der Waals surface area contributed by atoms with Gasteiger partial charge in [0.15, 0.2) is 12.4 Å². The van der Waals surface area contributed by atoms with Gasteiger partial charge in [-0.3, -0.25) is 10.1 Å². The van der Waals surface area contributed by atoms with Crippen LogP contribution < -0.4 is 10.1 Å². The SMILES string of the molecule is O=C(Nc1ncn(Cc2c(Cl)cccc2Cl)n1)c1ccn(COc2ccc(Br)cc2Cl)n1. The zero-order chi connectivity index (χ0) is 22.7. The average molecular weight is 557 g/mol. The largest absolute Gasteiger partial charge is 0.470 e. The number of rotatable bonds is 7. The van der Waals surface area contributed by atoms with E-state index in [4.69, 9.17) is 39.5 Å². The molecule has 0 unspecified atom stereocenters. The summed E-state index contributed by atoms with van der Waals surface area (Å²) < 4.78 is 9.48. The molecule has 4 rings (SSSR count). The van der Waals surface area contributed by atoms with Crippen molar-refractivity contribution in [3.05, 3.63) is 85.8 Å². The molecular formula is C20H14BrCl3N6O2. The summed E-state index contributed by atoms with van der Waals surface area (Å²) in [6.45, 7) is 0.395. The highest BCUT2D eigenvalue weighted by atomic mass is 79.9. The van der Waals surface area contributed by atoms with Crippen LogP contribution in [0.15, 0.2) is 59.5 Å². The number of aromatic nitrogens is 5. The number of anilines is 1. The van der Waals surface area contributed by atoms with E-state index in [-0.39, 0.29) is 18.4 Å². The van der Waals surface area contributed by atoms with E-state index in [0.29, 0.717) is 32.9 Å². The summed E-state index contributed by atoms with van der Waals surface area (Å²) >= 11 is 21.8. The molecule has 2 aromatic carbocycles. The smallest absolute Gasteiger partial charge is 0.278 e. The first-order valence-electron chi connectivity index (χ1n) is 9.14. The fraction of sp³-hybridized carbons (Fsp3) is 0.100. The van der Waals surface area contributed by atoms with Crippen LogP contribution in [0.4, 0.5) is 5.95 Å². The van der Waals surface area contributed by atoms with Crippen molar-refractivity contribution >= 4 is 62.6 Å². The van der Waals surface area contributed by atoms with E-state index in [2.05, 4.69) is 36.4 Å². The van der Waals surface area contributed by atoms with Crippen LogP contribution in [-0.4, -0.2) is 30.5 Å². The molecule has 2 heterocycles. The molecule has 0 aliphatic rings. The Labute approximate surface area is 206 Å². The second-order valence-electron chi connectivity index (χ2n) is 6.51. The third-order valence-corrected chi connectivity index (χ3v) is 5.76. The zero-order valence-corrected chi connectivity index (χ0v) is 20.0. The normalized spacial score (nSPS) is 10.9. The van der Waals surface area contributed by atoms with Gasteiger partial charge in [0, 0.05) is 26.3 Å². The molecule has 4 aromatic rings. The first kappa shape index (κ1) is 22.6. The number of nitrogens with one attached hydrogen (secondary N) is 1. The van der Waals surface area contributed by atoms with Crippen LogP contribution in [0.5, 0.6) is 5.75 Å². The number of ether oxygens (including phenoxy) is 1. The van der Waals surface area contributed by atoms with Crippen molar-refractivity contribution in [1.82, 2.24) is 24.5 Å². The second kappa shape index (κ2) is 9.91. The molecule has 0 spiro atoms. The van der Waals surface area contributed by atoms with Gasteiger partial charge in [0.05, 0.1) is 11.6 Å². The number of hydrogen-bond donors (Lipinski definition) is 1. The topological polar surface area (TPSA) is 86.9 Å². The predicted molar refractivity (Wildman–Crippen MR) is 126 cm³/mol. The van der Waals surface area contributed by atoms with Crippen molar-refractivity contribution < 1.29 is 9.53 Å². The molecule has 1 N–H and O–H groups in total. The van der Waals surface area contributed by atoms with Crippen LogP contribution in [-0.2, 0) is 13.3 Å². The van der Waals surface area contributed by atoms with Gasteiger partial charge in [-0.2, -0.15) is 5.10 Å². The van der Waals surface area contributed by atoms with Crippen LogP contribution in [0, 0.1) is 0 Å². The first-order chi connectivity index (χ1) is 15.4. The van der Waals surface area contributed by atoms with Crippen LogP contribution in [0.3, 0.4) is 0 Å². The van der Waals surface area contributed by atoms with Gasteiger partial charge < -0.3 is 4.74 Å². The Hall–Kier alpha value is -2.59. The summed E-state index contributed by atoms with van der Waals surface area (Å²) in [5.41, 5.74) is 0.893. The fourth-order valence-corrected chi connectivity index (χ4v) is 3.97. The van der Waals surface area contributed by atoms with Crippen LogP contribution in [0.1, 0.15) is 16.1 Å². The number of nitrogens with zero attached hydrogens (tertiary/aromatic N) is 5. The van der Waals surface area contributed by atoms with Crippen molar-refractivity contribution in [3.8, 4) is 5.75 Å². The van der Waals surface area contributed by atoms with Crippen LogP contribution in [0.25, 0.3) is 0 Å². The van der Waals surface area contributed by atoms with E-state index in [0.717, 1.165) is 4.47 Å². The number of amides is 1. The highest BCUT2D eigenvalue weighted by Gasteiger charge is 2.14. The zero-order valence-electron chi connectivity index (χ0n) is 16.2. The van der Waals surface area contributed by atoms with E-state index >= 15 is 0 Å². The minimum Gasteiger partial charge on any atom is -0.470 e. The molecular weight excluding hydrogens is 543 g/mol. The van der Waals surface area contributed by atoms with Gasteiger partial charge in [0.1, 0.15) is 12.1 Å². The molecule has 32 heavy (non-hydrogen) atoms. The third-order valence-electron chi connectivity index (χ3n) is 4.26. The molecule has 0 atom stereocenters. The monoisotopic (exact) mass is 554 g/mol. The van der Waals surface area contributed by atoms with Gasteiger partial charge in [-0.25, -0.2) is 14.3 Å². The maximum atomic E-state index is 12.5. The van der Waals surface area contributed by atoms with Gasteiger partial charge in [0.2, 0.25) is 5.95 Å². The second-order valence-corrected chi connectivity index (χ2v) is 8.65. The summed E-state index contributed by atoms with van der Waals surface area (Å²) in [7, 11) is 0. The molecule has 0 aliphatic heterocycles. The molecule has 1 amide bonds. The van der Waals surface area contributed by atoms with E-state index in [9.17, 15) is 4.79 Å². The molecule has 2 aromatic heterocycles. The standard InChI is InChI=1S/C20H14BrCl3N6O2/c21-12-4-5-18(16(24)8-12)32-11-29-7-6-17(27-29)19(31)26-20-25-10-30(28-20)9-13-14(22)2-1-3-15(13)23/h1-8,10H,9,11H2,(H,26,28,31). The maximum absolute atomic E-state index is 12.5. The summed E-state index contributed by atoms with van der Waals surface area (Å²) in [5.74, 6) is 0.175. The molecule has 8 nitrogen and oxygen atoms in total. The van der Waals surface area contributed by atoms with Crippen molar-refractivity contribution in [2.75, 3.05) is 5.32 Å². The molecule has 0 saturated carbocycles.